The van der Waals surface area contributed by atoms with E-state index in [0.29, 0.717) is 5.69 Å². The van der Waals surface area contributed by atoms with Gasteiger partial charge in [0.1, 0.15) is 9.77 Å². The summed E-state index contributed by atoms with van der Waals surface area (Å²) in [5.74, 6) is -1.18. The number of carbonyl (C=O) groups is 1. The number of carboxylic acid groups (broad SMARTS) is 1. The fourth-order valence-electron chi connectivity index (χ4n) is 1.63. The maximum absolute atomic E-state index is 12.1. The molecule has 0 bridgehead atoms. The molecule has 0 saturated carbocycles. The van der Waals surface area contributed by atoms with Crippen molar-refractivity contribution in [3.05, 3.63) is 34.5 Å². The third kappa shape index (κ3) is 2.64. The lowest BCUT2D eigenvalue weighted by molar-refractivity contribution is 0.0697. The number of nitrogens with one attached hydrogen (secondary N) is 2. The molecule has 0 radical (unpaired) electrons. The molecule has 0 spiro atoms. The summed E-state index contributed by atoms with van der Waals surface area (Å²) in [4.78, 5) is 14.6. The van der Waals surface area contributed by atoms with Crippen molar-refractivity contribution in [2.45, 2.75) is 18.1 Å². The summed E-state index contributed by atoms with van der Waals surface area (Å²) in [6.07, 6.45) is 1.33. The Morgan fingerprint density at radius 3 is 2.58 bits per heavy atom. The zero-order valence-electron chi connectivity index (χ0n) is 10.2. The van der Waals surface area contributed by atoms with Crippen LogP contribution in [0.2, 0.25) is 0 Å². The fourth-order valence-corrected chi connectivity index (χ4v) is 3.98. The van der Waals surface area contributed by atoms with Gasteiger partial charge in [0.2, 0.25) is 0 Å². The Morgan fingerprint density at radius 1 is 1.37 bits per heavy atom. The Balaban J connectivity index is 2.39. The minimum atomic E-state index is -3.75. The maximum atomic E-state index is 12.1. The van der Waals surface area contributed by atoms with Gasteiger partial charge in [-0.2, -0.15) is 0 Å². The van der Waals surface area contributed by atoms with Crippen LogP contribution in [0.1, 0.15) is 20.9 Å². The quantitative estimate of drug-likeness (QED) is 0.806. The van der Waals surface area contributed by atoms with Crippen LogP contribution in [0.3, 0.4) is 0 Å². The van der Waals surface area contributed by atoms with Crippen LogP contribution in [0.4, 0.5) is 5.69 Å². The summed E-state index contributed by atoms with van der Waals surface area (Å²) >= 11 is 1.13. The van der Waals surface area contributed by atoms with Crippen molar-refractivity contribution in [1.29, 1.82) is 0 Å². The van der Waals surface area contributed by atoms with Gasteiger partial charge in [-0.05, 0) is 26.0 Å². The van der Waals surface area contributed by atoms with E-state index in [1.54, 1.807) is 19.9 Å². The minimum absolute atomic E-state index is 0.0380. The highest BCUT2D eigenvalue weighted by molar-refractivity contribution is 7.94. The molecule has 8 heteroatoms. The van der Waals surface area contributed by atoms with Crippen LogP contribution >= 0.6 is 11.3 Å². The third-order valence-electron chi connectivity index (χ3n) is 2.52. The fraction of sp³-hybridized carbons (Fsp3) is 0.182. The van der Waals surface area contributed by atoms with Gasteiger partial charge in [-0.3, -0.25) is 4.72 Å². The molecule has 0 atom stereocenters. The topological polar surface area (TPSA) is 99.3 Å². The number of thiophene rings is 1. The predicted molar refractivity (Wildman–Crippen MR) is 72.4 cm³/mol. The molecular weight excluding hydrogens is 288 g/mol. The molecule has 0 aliphatic carbocycles. The Kier molecular flexibility index (Phi) is 3.38. The molecule has 0 aliphatic heterocycles. The van der Waals surface area contributed by atoms with E-state index in [2.05, 4.69) is 9.71 Å². The zero-order valence-corrected chi connectivity index (χ0v) is 11.9. The molecule has 0 fully saturated rings. The lowest BCUT2D eigenvalue weighted by Gasteiger charge is -2.05. The van der Waals surface area contributed by atoms with Crippen LogP contribution in [0.5, 0.6) is 0 Å². The van der Waals surface area contributed by atoms with Gasteiger partial charge in [0, 0.05) is 16.8 Å². The molecule has 2 rings (SSSR count). The van der Waals surface area contributed by atoms with Crippen molar-refractivity contribution in [2.24, 2.45) is 0 Å². The minimum Gasteiger partial charge on any atom is -0.478 e. The van der Waals surface area contributed by atoms with E-state index in [9.17, 15) is 13.2 Å². The van der Waals surface area contributed by atoms with Gasteiger partial charge in [-0.1, -0.05) is 0 Å². The number of hydrogen-bond acceptors (Lipinski definition) is 4. The SMILES string of the molecule is Cc1ccc(S(=O)(=O)Nc2c[nH]c(C)c2C(=O)O)s1. The van der Waals surface area contributed by atoms with Crippen molar-refractivity contribution in [2.75, 3.05) is 4.72 Å². The number of H-pyrrole nitrogens is 1. The Bertz CT molecular complexity index is 728. The highest BCUT2D eigenvalue weighted by atomic mass is 32.2. The molecule has 6 nitrogen and oxygen atoms in total. The van der Waals surface area contributed by atoms with Crippen LogP contribution in [-0.4, -0.2) is 24.5 Å². The molecule has 2 aromatic rings. The first kappa shape index (κ1) is 13.6. The molecule has 0 aromatic carbocycles. The van der Waals surface area contributed by atoms with Crippen LogP contribution in [0.15, 0.2) is 22.5 Å². The van der Waals surface area contributed by atoms with Crippen molar-refractivity contribution >= 4 is 33.0 Å². The largest absolute Gasteiger partial charge is 0.478 e. The van der Waals surface area contributed by atoms with Gasteiger partial charge in [0.25, 0.3) is 10.0 Å². The van der Waals surface area contributed by atoms with E-state index in [-0.39, 0.29) is 15.5 Å². The van der Waals surface area contributed by atoms with Crippen molar-refractivity contribution in [3.8, 4) is 0 Å². The molecule has 0 unspecified atom stereocenters. The second kappa shape index (κ2) is 4.71. The summed E-state index contributed by atoms with van der Waals surface area (Å²) in [5.41, 5.74) is 0.362. The first-order valence-corrected chi connectivity index (χ1v) is 7.62. The molecule has 102 valence electrons. The monoisotopic (exact) mass is 300 g/mol. The average Bonchev–Trinajstić information content (AvgIpc) is 2.85. The average molecular weight is 300 g/mol. The molecule has 3 N–H and O–H groups in total. The van der Waals surface area contributed by atoms with Crippen molar-refractivity contribution in [1.82, 2.24) is 4.98 Å². The Labute approximate surface area is 114 Å². The Hall–Kier alpha value is -1.80. The summed E-state index contributed by atoms with van der Waals surface area (Å²) in [6.45, 7) is 3.36. The number of hydrogen-bond donors (Lipinski definition) is 3. The highest BCUT2D eigenvalue weighted by Gasteiger charge is 2.22. The molecule has 0 amide bonds. The predicted octanol–water partition coefficient (Wildman–Crippen LogP) is 2.19. The summed E-state index contributed by atoms with van der Waals surface area (Å²) in [7, 11) is -3.75. The van der Waals surface area contributed by atoms with Crippen molar-refractivity contribution in [3.63, 3.8) is 0 Å². The highest BCUT2D eigenvalue weighted by Crippen LogP contribution is 2.26. The van der Waals surface area contributed by atoms with E-state index in [4.69, 9.17) is 5.11 Å². The summed E-state index contributed by atoms with van der Waals surface area (Å²) < 4.78 is 26.6. The van der Waals surface area contributed by atoms with Gasteiger partial charge >= 0.3 is 5.97 Å². The number of rotatable bonds is 4. The van der Waals surface area contributed by atoms with E-state index in [1.165, 1.54) is 12.3 Å². The Morgan fingerprint density at radius 2 is 2.05 bits per heavy atom. The van der Waals surface area contributed by atoms with E-state index < -0.39 is 16.0 Å². The summed E-state index contributed by atoms with van der Waals surface area (Å²) in [6, 6.07) is 3.18. The zero-order chi connectivity index (χ0) is 14.2. The van der Waals surface area contributed by atoms with E-state index in [0.717, 1.165) is 16.2 Å². The van der Waals surface area contributed by atoms with E-state index >= 15 is 0 Å². The molecule has 2 aromatic heterocycles. The van der Waals surface area contributed by atoms with Crippen LogP contribution in [0.25, 0.3) is 0 Å². The standard InChI is InChI=1S/C11H12N2O4S2/c1-6-3-4-9(18-6)19(16,17)13-8-5-12-7(2)10(8)11(14)15/h3-5,12-13H,1-2H3,(H,14,15). The number of sulfonamides is 1. The number of aromatic carboxylic acids is 1. The number of anilines is 1. The molecule has 0 aliphatic rings. The van der Waals surface area contributed by atoms with Crippen molar-refractivity contribution < 1.29 is 18.3 Å². The molecular formula is C11H12N2O4S2. The normalized spacial score (nSPS) is 11.5. The number of carboxylic acids is 1. The number of aromatic amines is 1. The van der Waals surface area contributed by atoms with Gasteiger partial charge in [0.05, 0.1) is 5.69 Å². The molecule has 0 saturated heterocycles. The van der Waals surface area contributed by atoms with Crippen LogP contribution < -0.4 is 4.72 Å². The third-order valence-corrected chi connectivity index (χ3v) is 5.37. The number of aryl methyl sites for hydroxylation is 2. The van der Waals surface area contributed by atoms with Gasteiger partial charge in [-0.15, -0.1) is 11.3 Å². The lowest BCUT2D eigenvalue weighted by Crippen LogP contribution is -2.13. The second-order valence-electron chi connectivity index (χ2n) is 3.98. The van der Waals surface area contributed by atoms with Crippen LogP contribution in [-0.2, 0) is 10.0 Å². The first-order valence-electron chi connectivity index (χ1n) is 5.32. The van der Waals surface area contributed by atoms with E-state index in [1.807, 2.05) is 0 Å². The van der Waals surface area contributed by atoms with Gasteiger partial charge in [-0.25, -0.2) is 13.2 Å². The van der Waals surface area contributed by atoms with Gasteiger partial charge < -0.3 is 10.1 Å². The smallest absolute Gasteiger partial charge is 0.339 e. The van der Waals surface area contributed by atoms with Crippen LogP contribution in [0, 0.1) is 13.8 Å². The second-order valence-corrected chi connectivity index (χ2v) is 7.18. The summed E-state index contributed by atoms with van der Waals surface area (Å²) in [5, 5.41) is 9.05. The maximum Gasteiger partial charge on any atom is 0.339 e. The molecule has 19 heavy (non-hydrogen) atoms. The lowest BCUT2D eigenvalue weighted by atomic mass is 10.2. The van der Waals surface area contributed by atoms with Gasteiger partial charge in [0.15, 0.2) is 0 Å². The number of aromatic nitrogens is 1. The first-order chi connectivity index (χ1) is 8.81. The molecule has 2 heterocycles.